The van der Waals surface area contributed by atoms with Crippen LogP contribution >= 0.6 is 0 Å². The maximum atomic E-state index is 12.0. The molecule has 0 aromatic rings. The molecule has 1 aliphatic rings. The fourth-order valence-electron chi connectivity index (χ4n) is 2.45. The third-order valence-corrected chi connectivity index (χ3v) is 4.84. The molecular formula is C13H26N2O2S. The Morgan fingerprint density at radius 3 is 2.50 bits per heavy atom. The van der Waals surface area contributed by atoms with Crippen LogP contribution in [0.3, 0.4) is 0 Å². The third kappa shape index (κ3) is 5.48. The van der Waals surface area contributed by atoms with Crippen molar-refractivity contribution in [1.82, 2.24) is 4.90 Å². The summed E-state index contributed by atoms with van der Waals surface area (Å²) in [6.45, 7) is 4.22. The maximum absolute atomic E-state index is 12.0. The van der Waals surface area contributed by atoms with E-state index in [4.69, 9.17) is 5.73 Å². The lowest BCUT2D eigenvalue weighted by molar-refractivity contribution is -0.131. The monoisotopic (exact) mass is 274 g/mol. The summed E-state index contributed by atoms with van der Waals surface area (Å²) in [5.41, 5.74) is 5.59. The largest absolute Gasteiger partial charge is 0.341 e. The van der Waals surface area contributed by atoms with Crippen molar-refractivity contribution in [1.29, 1.82) is 0 Å². The predicted octanol–water partition coefficient (Wildman–Crippen LogP) is 1.12. The highest BCUT2D eigenvalue weighted by molar-refractivity contribution is 7.85. The molecule has 0 aromatic carbocycles. The standard InChI is InChI=1S/C13H26N2O2S/c1-2-3-12(6-7-14)4-5-13(16)15-8-10-18(17)11-9-15/h12H,2-11,14H2,1H3. The zero-order chi connectivity index (χ0) is 13.4. The van der Waals surface area contributed by atoms with Gasteiger partial charge in [0.25, 0.3) is 0 Å². The molecule has 1 rings (SSSR count). The average Bonchev–Trinajstić information content (AvgIpc) is 2.37. The van der Waals surface area contributed by atoms with Gasteiger partial charge in [0.2, 0.25) is 5.91 Å². The van der Waals surface area contributed by atoms with Crippen molar-refractivity contribution in [3.05, 3.63) is 0 Å². The van der Waals surface area contributed by atoms with Crippen LogP contribution < -0.4 is 5.73 Å². The first-order valence-electron chi connectivity index (χ1n) is 7.00. The summed E-state index contributed by atoms with van der Waals surface area (Å²) in [6.07, 6.45) is 4.90. The third-order valence-electron chi connectivity index (χ3n) is 3.57. The van der Waals surface area contributed by atoms with E-state index >= 15 is 0 Å². The zero-order valence-electron chi connectivity index (χ0n) is 11.4. The number of hydrogen-bond acceptors (Lipinski definition) is 3. The van der Waals surface area contributed by atoms with Gasteiger partial charge in [-0.3, -0.25) is 9.00 Å². The molecule has 0 aromatic heterocycles. The molecule has 1 fully saturated rings. The van der Waals surface area contributed by atoms with Crippen molar-refractivity contribution >= 4 is 16.7 Å². The predicted molar refractivity (Wildman–Crippen MR) is 75.8 cm³/mol. The Bertz CT molecular complexity index is 268. The first-order valence-corrected chi connectivity index (χ1v) is 8.49. The van der Waals surface area contributed by atoms with Crippen molar-refractivity contribution in [3.8, 4) is 0 Å². The highest BCUT2D eigenvalue weighted by Crippen LogP contribution is 2.18. The van der Waals surface area contributed by atoms with Gasteiger partial charge in [-0.1, -0.05) is 19.8 Å². The molecule has 0 aliphatic carbocycles. The quantitative estimate of drug-likeness (QED) is 0.757. The van der Waals surface area contributed by atoms with Crippen molar-refractivity contribution in [2.24, 2.45) is 11.7 Å². The second kappa shape index (κ2) is 8.64. The van der Waals surface area contributed by atoms with Gasteiger partial charge in [0, 0.05) is 41.8 Å². The van der Waals surface area contributed by atoms with E-state index < -0.39 is 10.8 Å². The number of carbonyl (C=O) groups is 1. The summed E-state index contributed by atoms with van der Waals surface area (Å²) in [5.74, 6) is 2.10. The lowest BCUT2D eigenvalue weighted by Gasteiger charge is -2.27. The molecule has 106 valence electrons. The Hall–Kier alpha value is -0.420. The summed E-state index contributed by atoms with van der Waals surface area (Å²) >= 11 is 0. The Morgan fingerprint density at radius 1 is 1.28 bits per heavy atom. The van der Waals surface area contributed by atoms with E-state index in [9.17, 15) is 9.00 Å². The van der Waals surface area contributed by atoms with E-state index in [-0.39, 0.29) is 5.91 Å². The fourth-order valence-corrected chi connectivity index (χ4v) is 3.50. The van der Waals surface area contributed by atoms with Gasteiger partial charge in [0.1, 0.15) is 0 Å². The van der Waals surface area contributed by atoms with Crippen LogP contribution in [0.25, 0.3) is 0 Å². The van der Waals surface area contributed by atoms with Crippen LogP contribution in [0.2, 0.25) is 0 Å². The van der Waals surface area contributed by atoms with E-state index in [1.54, 1.807) is 0 Å². The minimum absolute atomic E-state index is 0.227. The van der Waals surface area contributed by atoms with Crippen LogP contribution in [0.4, 0.5) is 0 Å². The summed E-state index contributed by atoms with van der Waals surface area (Å²) < 4.78 is 11.2. The van der Waals surface area contributed by atoms with Crippen LogP contribution in [-0.2, 0) is 15.6 Å². The first-order chi connectivity index (χ1) is 8.67. The van der Waals surface area contributed by atoms with Crippen LogP contribution in [0, 0.1) is 5.92 Å². The Kier molecular flexibility index (Phi) is 7.51. The topological polar surface area (TPSA) is 63.4 Å². The highest BCUT2D eigenvalue weighted by atomic mass is 32.2. The second-order valence-electron chi connectivity index (χ2n) is 5.00. The maximum Gasteiger partial charge on any atom is 0.222 e. The van der Waals surface area contributed by atoms with Crippen molar-refractivity contribution in [3.63, 3.8) is 0 Å². The number of nitrogens with two attached hydrogens (primary N) is 1. The SMILES string of the molecule is CCCC(CCN)CCC(=O)N1CCS(=O)CC1. The Morgan fingerprint density at radius 2 is 1.94 bits per heavy atom. The molecule has 0 radical (unpaired) electrons. The molecule has 1 amide bonds. The lowest BCUT2D eigenvalue weighted by Crippen LogP contribution is -2.41. The molecular weight excluding hydrogens is 248 g/mol. The summed E-state index contributed by atoms with van der Waals surface area (Å²) in [4.78, 5) is 13.9. The summed E-state index contributed by atoms with van der Waals surface area (Å²) in [5, 5.41) is 0. The second-order valence-corrected chi connectivity index (χ2v) is 6.70. The van der Waals surface area contributed by atoms with Crippen molar-refractivity contribution < 1.29 is 9.00 Å². The molecule has 0 spiro atoms. The molecule has 4 nitrogen and oxygen atoms in total. The van der Waals surface area contributed by atoms with E-state index in [0.717, 1.165) is 25.7 Å². The average molecular weight is 274 g/mol. The number of amides is 1. The minimum atomic E-state index is -0.707. The minimum Gasteiger partial charge on any atom is -0.341 e. The van der Waals surface area contributed by atoms with Crippen LogP contribution in [0.1, 0.15) is 39.0 Å². The van der Waals surface area contributed by atoms with Gasteiger partial charge in [-0.25, -0.2) is 0 Å². The molecule has 2 N–H and O–H groups in total. The highest BCUT2D eigenvalue weighted by Gasteiger charge is 2.20. The molecule has 1 heterocycles. The van der Waals surface area contributed by atoms with E-state index in [0.29, 0.717) is 43.5 Å². The lowest BCUT2D eigenvalue weighted by atomic mass is 9.94. The number of hydrogen-bond donors (Lipinski definition) is 1. The molecule has 0 saturated carbocycles. The van der Waals surface area contributed by atoms with E-state index in [1.165, 1.54) is 0 Å². The number of nitrogens with zero attached hydrogens (tertiary/aromatic N) is 1. The molecule has 1 unspecified atom stereocenters. The van der Waals surface area contributed by atoms with Gasteiger partial charge in [-0.05, 0) is 25.3 Å². The van der Waals surface area contributed by atoms with E-state index in [1.807, 2.05) is 4.90 Å². The smallest absolute Gasteiger partial charge is 0.222 e. The molecule has 5 heteroatoms. The summed E-state index contributed by atoms with van der Waals surface area (Å²) in [7, 11) is -0.707. The van der Waals surface area contributed by atoms with Crippen LogP contribution in [-0.4, -0.2) is 46.2 Å². The van der Waals surface area contributed by atoms with Gasteiger partial charge in [0.15, 0.2) is 0 Å². The zero-order valence-corrected chi connectivity index (χ0v) is 12.2. The Balaban J connectivity index is 2.28. The normalized spacial score (nSPS) is 18.9. The molecule has 1 saturated heterocycles. The van der Waals surface area contributed by atoms with E-state index in [2.05, 4.69) is 6.92 Å². The summed E-state index contributed by atoms with van der Waals surface area (Å²) in [6, 6.07) is 0. The van der Waals surface area contributed by atoms with Crippen LogP contribution in [0.15, 0.2) is 0 Å². The van der Waals surface area contributed by atoms with Gasteiger partial charge in [0.05, 0.1) is 0 Å². The fraction of sp³-hybridized carbons (Fsp3) is 0.923. The van der Waals surface area contributed by atoms with Crippen molar-refractivity contribution in [2.45, 2.75) is 39.0 Å². The Labute approximate surface area is 113 Å². The molecule has 18 heavy (non-hydrogen) atoms. The molecule has 1 atom stereocenters. The van der Waals surface area contributed by atoms with Gasteiger partial charge in [-0.15, -0.1) is 0 Å². The molecule has 0 bridgehead atoms. The van der Waals surface area contributed by atoms with Crippen LogP contribution in [0.5, 0.6) is 0 Å². The number of rotatable bonds is 7. The van der Waals surface area contributed by atoms with Gasteiger partial charge in [-0.2, -0.15) is 0 Å². The first kappa shape index (κ1) is 15.6. The van der Waals surface area contributed by atoms with Gasteiger partial charge < -0.3 is 10.6 Å². The number of carbonyl (C=O) groups excluding carboxylic acids is 1. The van der Waals surface area contributed by atoms with Crippen molar-refractivity contribution in [2.75, 3.05) is 31.1 Å². The molecule has 1 aliphatic heterocycles. The van der Waals surface area contributed by atoms with Gasteiger partial charge >= 0.3 is 0 Å².